The molecule has 0 amide bonds. The predicted octanol–water partition coefficient (Wildman–Crippen LogP) is 6.95. The minimum atomic E-state index is -8.69. The van der Waals surface area contributed by atoms with Crippen LogP contribution in [0.4, 0.5) is 74.6 Å². The van der Waals surface area contributed by atoms with Gasteiger partial charge in [-0.2, -0.15) is 74.6 Å². The molecule has 0 fully saturated rings. The molecule has 0 radical (unpaired) electrons. The fraction of sp³-hybridized carbons (Fsp3) is 0.964. The quantitative estimate of drug-likeness (QED) is 0.0460. The van der Waals surface area contributed by atoms with Crippen LogP contribution in [0.5, 0.6) is 0 Å². The lowest BCUT2D eigenvalue weighted by Crippen LogP contribution is -3.00. The van der Waals surface area contributed by atoms with Gasteiger partial charge in [0.05, 0.1) is 40.6 Å². The Morgan fingerprint density at radius 3 is 1.34 bits per heavy atom. The molecule has 0 aliphatic carbocycles. The highest BCUT2D eigenvalue weighted by molar-refractivity contribution is 5.70. The van der Waals surface area contributed by atoms with Crippen molar-refractivity contribution in [1.82, 2.24) is 0 Å². The van der Waals surface area contributed by atoms with Crippen LogP contribution in [0.25, 0.3) is 0 Å². The highest BCUT2D eigenvalue weighted by atomic mass is 35.5. The van der Waals surface area contributed by atoms with Crippen LogP contribution in [0.3, 0.4) is 0 Å². The van der Waals surface area contributed by atoms with Crippen LogP contribution in [0.1, 0.15) is 77.6 Å². The molecule has 0 aromatic heterocycles. The number of rotatable bonds is 24. The molecule has 4 nitrogen and oxygen atoms in total. The molecule has 0 bridgehead atoms. The smallest absolute Gasteiger partial charge is 0.460 e. The summed E-state index contributed by atoms with van der Waals surface area (Å²) < 4.78 is 238. The van der Waals surface area contributed by atoms with Crippen molar-refractivity contribution < 1.29 is 106 Å². The van der Waals surface area contributed by atoms with Crippen LogP contribution in [0.15, 0.2) is 0 Å². The van der Waals surface area contributed by atoms with E-state index in [-0.39, 0.29) is 30.0 Å². The zero-order chi connectivity index (χ0) is 39.0. The number of likely N-dealkylation sites (N-methyl/N-ethyl adjacent to an activating group) is 1. The number of halogens is 18. The first-order valence-electron chi connectivity index (χ1n) is 15.1. The van der Waals surface area contributed by atoms with Crippen LogP contribution in [-0.4, -0.2) is 105 Å². The molecule has 0 unspecified atom stereocenters. The molecular weight excluding hydrogens is 757 g/mol. The molecular formula is C28H41ClF17NO3. The van der Waals surface area contributed by atoms with Crippen molar-refractivity contribution in [2.75, 3.05) is 40.9 Å². The van der Waals surface area contributed by atoms with Gasteiger partial charge in [0, 0.05) is 6.61 Å². The predicted molar refractivity (Wildman–Crippen MR) is 141 cm³/mol. The van der Waals surface area contributed by atoms with Gasteiger partial charge in [-0.25, -0.2) is 0 Å². The van der Waals surface area contributed by atoms with Gasteiger partial charge in [0.15, 0.2) is 0 Å². The fourth-order valence-corrected chi connectivity index (χ4v) is 4.34. The van der Waals surface area contributed by atoms with Gasteiger partial charge in [0.2, 0.25) is 0 Å². The second kappa shape index (κ2) is 18.5. The fourth-order valence-electron chi connectivity index (χ4n) is 4.34. The van der Waals surface area contributed by atoms with Crippen LogP contribution >= 0.6 is 0 Å². The summed E-state index contributed by atoms with van der Waals surface area (Å²) in [6.45, 7) is 0.326. The Morgan fingerprint density at radius 2 is 0.940 bits per heavy atom. The number of quaternary nitrogens is 1. The van der Waals surface area contributed by atoms with Gasteiger partial charge in [0.1, 0.15) is 12.6 Å². The van der Waals surface area contributed by atoms with Crippen molar-refractivity contribution in [3.8, 4) is 0 Å². The van der Waals surface area contributed by atoms with Crippen LogP contribution in [0, 0.1) is 0 Å². The Labute approximate surface area is 284 Å². The third kappa shape index (κ3) is 12.0. The van der Waals surface area contributed by atoms with E-state index in [9.17, 15) is 79.4 Å². The number of carbonyl (C=O) groups excluding carboxylic acids is 1. The zero-order valence-electron chi connectivity index (χ0n) is 27.5. The summed E-state index contributed by atoms with van der Waals surface area (Å²) in [6, 6.07) is 0. The average molecular weight is 798 g/mol. The van der Waals surface area contributed by atoms with E-state index < -0.39 is 79.2 Å². The Balaban J connectivity index is 0. The molecule has 0 aromatic rings. The minimum Gasteiger partial charge on any atom is -1.00 e. The van der Waals surface area contributed by atoms with E-state index in [2.05, 4.69) is 11.7 Å². The van der Waals surface area contributed by atoms with E-state index >= 15 is 0 Å². The summed E-state index contributed by atoms with van der Waals surface area (Å²) in [5.74, 6) is -58.4. The number of esters is 1. The Hall–Kier alpha value is -1.51. The Kier molecular flexibility index (Phi) is 18.7. The minimum absolute atomic E-state index is 0. The summed E-state index contributed by atoms with van der Waals surface area (Å²) in [4.78, 5) is 12.2. The molecule has 302 valence electrons. The summed E-state index contributed by atoms with van der Waals surface area (Å²) in [5.41, 5.74) is 0. The third-order valence-electron chi connectivity index (χ3n) is 7.21. The molecule has 0 aromatic carbocycles. The van der Waals surface area contributed by atoms with Gasteiger partial charge in [-0.1, -0.05) is 58.3 Å². The highest BCUT2D eigenvalue weighted by Gasteiger charge is 2.95. The van der Waals surface area contributed by atoms with E-state index in [0.29, 0.717) is 6.42 Å². The van der Waals surface area contributed by atoms with E-state index in [1.807, 2.05) is 0 Å². The molecule has 0 aliphatic heterocycles. The van der Waals surface area contributed by atoms with Gasteiger partial charge in [-0.05, 0) is 6.42 Å². The molecule has 0 rings (SSSR count). The van der Waals surface area contributed by atoms with Crippen molar-refractivity contribution in [3.63, 3.8) is 0 Å². The first-order chi connectivity index (χ1) is 21.8. The summed E-state index contributed by atoms with van der Waals surface area (Å²) >= 11 is 0. The van der Waals surface area contributed by atoms with Gasteiger partial charge < -0.3 is 26.4 Å². The van der Waals surface area contributed by atoms with Crippen LogP contribution in [-0.2, 0) is 14.3 Å². The van der Waals surface area contributed by atoms with Crippen molar-refractivity contribution in [1.29, 1.82) is 0 Å². The maximum absolute atomic E-state index is 14.1. The topological polar surface area (TPSA) is 35.5 Å². The number of nitrogens with zero attached hydrogens (tertiary/aromatic N) is 1. The summed E-state index contributed by atoms with van der Waals surface area (Å²) in [7, 11) is 4.97. The van der Waals surface area contributed by atoms with Crippen LogP contribution < -0.4 is 12.4 Å². The molecule has 0 saturated carbocycles. The number of hydrogen-bond acceptors (Lipinski definition) is 3. The lowest BCUT2D eigenvalue weighted by molar-refractivity contribution is -0.873. The van der Waals surface area contributed by atoms with E-state index in [1.54, 1.807) is 21.1 Å². The molecule has 0 aliphatic rings. The lowest BCUT2D eigenvalue weighted by Gasteiger charge is -2.42. The number of alkyl halides is 17. The van der Waals surface area contributed by atoms with Gasteiger partial charge in [-0.3, -0.25) is 4.79 Å². The van der Waals surface area contributed by atoms with Crippen molar-refractivity contribution in [3.05, 3.63) is 0 Å². The van der Waals surface area contributed by atoms with Gasteiger partial charge in [-0.15, -0.1) is 0 Å². The number of unbranched alkanes of at least 4 members (excludes halogenated alkanes) is 8. The molecule has 1 atom stereocenters. The average Bonchev–Trinajstić information content (AvgIpc) is 2.91. The zero-order valence-corrected chi connectivity index (χ0v) is 28.2. The highest BCUT2D eigenvalue weighted by Crippen LogP contribution is 2.64. The molecule has 0 N–H and O–H groups in total. The Bertz CT molecular complexity index is 1020. The second-order valence-corrected chi connectivity index (χ2v) is 12.6. The van der Waals surface area contributed by atoms with Gasteiger partial charge in [0.25, 0.3) is 0 Å². The van der Waals surface area contributed by atoms with E-state index in [4.69, 9.17) is 4.74 Å². The maximum atomic E-state index is 14.1. The molecule has 0 spiro atoms. The van der Waals surface area contributed by atoms with Crippen molar-refractivity contribution in [2.24, 2.45) is 0 Å². The second-order valence-electron chi connectivity index (χ2n) is 12.6. The molecule has 0 heterocycles. The molecule has 0 saturated heterocycles. The van der Waals surface area contributed by atoms with E-state index in [0.717, 1.165) is 51.4 Å². The first kappa shape index (κ1) is 50.6. The number of carbonyl (C=O) groups is 1. The lowest BCUT2D eigenvalue weighted by atomic mass is 9.88. The third-order valence-corrected chi connectivity index (χ3v) is 7.21. The van der Waals surface area contributed by atoms with Gasteiger partial charge >= 0.3 is 53.6 Å². The van der Waals surface area contributed by atoms with Crippen LogP contribution in [0.2, 0.25) is 0 Å². The summed E-state index contributed by atoms with van der Waals surface area (Å²) in [5, 5.41) is 0. The normalized spacial score (nSPS) is 15.1. The standard InChI is InChI=1S/C28H41F17NO3.ClH/c1-5-6-7-8-9-10-11-12-13-15-48-19(18-46(2,3)4)17-20(47)49-16-14-21(29,30)22(31,32)23(33,34)24(35,36)25(37,38)26(39,40)27(41,42)28(43,44)45;/h19H,5-18H2,1-4H3;1H/q+1;/p-1/t19-;/m0./s1. The molecule has 50 heavy (non-hydrogen) atoms. The SMILES string of the molecule is CCCCCCCCCCCO[C@@H](CC(=O)OCCC(F)(F)C(F)(F)C(F)(F)C(F)(F)C(F)(F)C(F)(F)C(F)(F)C(F)(F)F)C[N+](C)(C)C.[Cl-]. The largest absolute Gasteiger partial charge is 1.00 e. The summed E-state index contributed by atoms with van der Waals surface area (Å²) in [6.07, 6.45) is -3.65. The van der Waals surface area contributed by atoms with Crippen molar-refractivity contribution >= 4 is 5.97 Å². The van der Waals surface area contributed by atoms with Crippen molar-refractivity contribution in [2.45, 2.75) is 131 Å². The number of hydrogen-bond donors (Lipinski definition) is 0. The number of ether oxygens (including phenoxy) is 2. The monoisotopic (exact) mass is 797 g/mol. The van der Waals surface area contributed by atoms with E-state index in [1.165, 1.54) is 0 Å². The maximum Gasteiger partial charge on any atom is 0.460 e. The Morgan fingerprint density at radius 1 is 0.560 bits per heavy atom. The molecule has 22 heteroatoms. The first-order valence-corrected chi connectivity index (χ1v) is 15.1.